The van der Waals surface area contributed by atoms with Crippen molar-refractivity contribution in [3.8, 4) is 5.75 Å². The SMILES string of the molecule is Cc1nc(N(C)c2cccc(O)c2)c2ccccc2n1. The Morgan fingerprint density at radius 2 is 1.80 bits per heavy atom. The zero-order chi connectivity index (χ0) is 14.1. The van der Waals surface area contributed by atoms with Gasteiger partial charge in [0.25, 0.3) is 0 Å². The fourth-order valence-electron chi connectivity index (χ4n) is 2.25. The predicted molar refractivity (Wildman–Crippen MR) is 80.4 cm³/mol. The Morgan fingerprint density at radius 1 is 1.00 bits per heavy atom. The molecule has 0 amide bonds. The van der Waals surface area contributed by atoms with Crippen LogP contribution in [-0.4, -0.2) is 22.1 Å². The van der Waals surface area contributed by atoms with E-state index in [4.69, 9.17) is 0 Å². The number of anilines is 2. The number of hydrogen-bond acceptors (Lipinski definition) is 4. The number of aromatic nitrogens is 2. The Bertz CT molecular complexity index is 771. The summed E-state index contributed by atoms with van der Waals surface area (Å²) in [5, 5.41) is 10.6. The van der Waals surface area contributed by atoms with E-state index in [0.717, 1.165) is 28.2 Å². The van der Waals surface area contributed by atoms with Crippen molar-refractivity contribution >= 4 is 22.4 Å². The topological polar surface area (TPSA) is 49.2 Å². The lowest BCUT2D eigenvalue weighted by Gasteiger charge is -2.20. The van der Waals surface area contributed by atoms with E-state index in [0.29, 0.717) is 0 Å². The van der Waals surface area contributed by atoms with Gasteiger partial charge in [-0.25, -0.2) is 9.97 Å². The van der Waals surface area contributed by atoms with Crippen LogP contribution in [0.2, 0.25) is 0 Å². The number of phenols is 1. The molecule has 0 saturated heterocycles. The minimum Gasteiger partial charge on any atom is -0.508 e. The molecule has 0 fully saturated rings. The maximum absolute atomic E-state index is 9.62. The van der Waals surface area contributed by atoms with Crippen LogP contribution in [0.5, 0.6) is 5.75 Å². The molecule has 1 N–H and O–H groups in total. The second-order valence-electron chi connectivity index (χ2n) is 4.69. The number of para-hydroxylation sites is 1. The lowest BCUT2D eigenvalue weighted by Crippen LogP contribution is -2.12. The Hall–Kier alpha value is -2.62. The summed E-state index contributed by atoms with van der Waals surface area (Å²) >= 11 is 0. The molecule has 0 bridgehead atoms. The van der Waals surface area contributed by atoms with Gasteiger partial charge in [0, 0.05) is 24.2 Å². The monoisotopic (exact) mass is 265 g/mol. The number of aromatic hydroxyl groups is 1. The van der Waals surface area contributed by atoms with E-state index < -0.39 is 0 Å². The standard InChI is InChI=1S/C16H15N3O/c1-11-17-15-9-4-3-8-14(15)16(18-11)19(2)12-6-5-7-13(20)10-12/h3-10,20H,1-2H3. The average Bonchev–Trinajstić information content (AvgIpc) is 2.45. The number of nitrogens with zero attached hydrogens (tertiary/aromatic N) is 3. The average molecular weight is 265 g/mol. The van der Waals surface area contributed by atoms with Crippen LogP contribution in [0, 0.1) is 6.92 Å². The van der Waals surface area contributed by atoms with Gasteiger partial charge >= 0.3 is 0 Å². The maximum atomic E-state index is 9.62. The molecular formula is C16H15N3O. The van der Waals surface area contributed by atoms with Gasteiger partial charge in [-0.2, -0.15) is 0 Å². The van der Waals surface area contributed by atoms with Crippen LogP contribution in [0.25, 0.3) is 10.9 Å². The molecule has 0 atom stereocenters. The van der Waals surface area contributed by atoms with E-state index in [1.807, 2.05) is 55.3 Å². The van der Waals surface area contributed by atoms with E-state index in [9.17, 15) is 5.11 Å². The predicted octanol–water partition coefficient (Wildman–Crippen LogP) is 3.41. The number of hydrogen-bond donors (Lipinski definition) is 1. The summed E-state index contributed by atoms with van der Waals surface area (Å²) in [4.78, 5) is 10.9. The molecule has 0 aliphatic rings. The summed E-state index contributed by atoms with van der Waals surface area (Å²) < 4.78 is 0. The zero-order valence-corrected chi connectivity index (χ0v) is 11.4. The quantitative estimate of drug-likeness (QED) is 0.771. The van der Waals surface area contributed by atoms with Crippen molar-refractivity contribution in [1.29, 1.82) is 0 Å². The molecule has 1 heterocycles. The summed E-state index contributed by atoms with van der Waals surface area (Å²) in [6.07, 6.45) is 0. The second kappa shape index (κ2) is 4.81. The van der Waals surface area contributed by atoms with E-state index in [1.54, 1.807) is 12.1 Å². The fourth-order valence-corrected chi connectivity index (χ4v) is 2.25. The first-order valence-corrected chi connectivity index (χ1v) is 6.41. The minimum absolute atomic E-state index is 0.240. The van der Waals surface area contributed by atoms with E-state index >= 15 is 0 Å². The first-order valence-electron chi connectivity index (χ1n) is 6.41. The molecule has 3 rings (SSSR count). The highest BCUT2D eigenvalue weighted by molar-refractivity contribution is 5.91. The molecule has 0 spiro atoms. The summed E-state index contributed by atoms with van der Waals surface area (Å²) in [6, 6.07) is 15.0. The van der Waals surface area contributed by atoms with Gasteiger partial charge in [-0.3, -0.25) is 0 Å². The molecule has 0 saturated carbocycles. The third-order valence-electron chi connectivity index (χ3n) is 3.23. The Balaban J connectivity index is 2.18. The zero-order valence-electron chi connectivity index (χ0n) is 11.4. The van der Waals surface area contributed by atoms with Crippen molar-refractivity contribution in [3.05, 3.63) is 54.4 Å². The van der Waals surface area contributed by atoms with Crippen molar-refractivity contribution in [1.82, 2.24) is 9.97 Å². The normalized spacial score (nSPS) is 10.7. The van der Waals surface area contributed by atoms with Crippen molar-refractivity contribution in [2.24, 2.45) is 0 Å². The van der Waals surface area contributed by atoms with E-state index in [-0.39, 0.29) is 5.75 Å². The van der Waals surface area contributed by atoms with Crippen LogP contribution in [0.15, 0.2) is 48.5 Å². The van der Waals surface area contributed by atoms with Crippen molar-refractivity contribution in [2.45, 2.75) is 6.92 Å². The lowest BCUT2D eigenvalue weighted by molar-refractivity contribution is 0.475. The number of aryl methyl sites for hydroxylation is 1. The highest BCUT2D eigenvalue weighted by Crippen LogP contribution is 2.30. The molecular weight excluding hydrogens is 250 g/mol. The number of rotatable bonds is 2. The van der Waals surface area contributed by atoms with E-state index in [2.05, 4.69) is 9.97 Å². The Morgan fingerprint density at radius 3 is 2.60 bits per heavy atom. The lowest BCUT2D eigenvalue weighted by atomic mass is 10.2. The smallest absolute Gasteiger partial charge is 0.144 e. The Kier molecular flexibility index (Phi) is 2.99. The number of fused-ring (bicyclic) bond motifs is 1. The molecule has 0 aliphatic heterocycles. The molecule has 2 aromatic carbocycles. The van der Waals surface area contributed by atoms with Crippen LogP contribution in [0.4, 0.5) is 11.5 Å². The molecule has 3 aromatic rings. The van der Waals surface area contributed by atoms with Gasteiger partial charge in [0.05, 0.1) is 5.52 Å². The van der Waals surface area contributed by atoms with Gasteiger partial charge in [-0.05, 0) is 31.2 Å². The van der Waals surface area contributed by atoms with Crippen molar-refractivity contribution < 1.29 is 5.11 Å². The largest absolute Gasteiger partial charge is 0.508 e. The third-order valence-corrected chi connectivity index (χ3v) is 3.23. The molecule has 100 valence electrons. The minimum atomic E-state index is 0.240. The molecule has 20 heavy (non-hydrogen) atoms. The molecule has 0 unspecified atom stereocenters. The maximum Gasteiger partial charge on any atom is 0.144 e. The van der Waals surface area contributed by atoms with Crippen LogP contribution in [0.1, 0.15) is 5.82 Å². The highest BCUT2D eigenvalue weighted by atomic mass is 16.3. The first-order chi connectivity index (χ1) is 9.65. The van der Waals surface area contributed by atoms with E-state index in [1.165, 1.54) is 0 Å². The van der Waals surface area contributed by atoms with Crippen molar-refractivity contribution in [2.75, 3.05) is 11.9 Å². The molecule has 4 nitrogen and oxygen atoms in total. The third kappa shape index (κ3) is 2.16. The van der Waals surface area contributed by atoms with Gasteiger partial charge < -0.3 is 10.0 Å². The molecule has 0 radical (unpaired) electrons. The first kappa shape index (κ1) is 12.4. The van der Waals surface area contributed by atoms with Crippen LogP contribution in [0.3, 0.4) is 0 Å². The molecule has 1 aromatic heterocycles. The summed E-state index contributed by atoms with van der Waals surface area (Å²) in [6.45, 7) is 1.88. The van der Waals surface area contributed by atoms with Gasteiger partial charge in [-0.15, -0.1) is 0 Å². The van der Waals surface area contributed by atoms with Gasteiger partial charge in [0.2, 0.25) is 0 Å². The van der Waals surface area contributed by atoms with Crippen molar-refractivity contribution in [3.63, 3.8) is 0 Å². The number of phenolic OH excluding ortho intramolecular Hbond substituents is 1. The summed E-state index contributed by atoms with van der Waals surface area (Å²) in [5.74, 6) is 1.80. The van der Waals surface area contributed by atoms with Crippen LogP contribution < -0.4 is 4.90 Å². The second-order valence-corrected chi connectivity index (χ2v) is 4.69. The fraction of sp³-hybridized carbons (Fsp3) is 0.125. The number of benzene rings is 2. The molecule has 0 aliphatic carbocycles. The highest BCUT2D eigenvalue weighted by Gasteiger charge is 2.11. The summed E-state index contributed by atoms with van der Waals surface area (Å²) in [7, 11) is 1.93. The van der Waals surface area contributed by atoms with Gasteiger partial charge in [0.15, 0.2) is 0 Å². The van der Waals surface area contributed by atoms with Gasteiger partial charge in [0.1, 0.15) is 17.4 Å². The van der Waals surface area contributed by atoms with Crippen LogP contribution >= 0.6 is 0 Å². The Labute approximate surface area is 117 Å². The van der Waals surface area contributed by atoms with Crippen LogP contribution in [-0.2, 0) is 0 Å². The molecule has 4 heteroatoms. The summed E-state index contributed by atoms with van der Waals surface area (Å²) in [5.41, 5.74) is 1.80. The van der Waals surface area contributed by atoms with Gasteiger partial charge in [-0.1, -0.05) is 18.2 Å².